The van der Waals surface area contributed by atoms with Gasteiger partial charge in [-0.25, -0.2) is 4.79 Å². The van der Waals surface area contributed by atoms with Crippen LogP contribution >= 0.6 is 0 Å². The van der Waals surface area contributed by atoms with Crippen LogP contribution in [0.15, 0.2) is 39.5 Å². The number of benzene rings is 1. The molecule has 0 aliphatic carbocycles. The predicted octanol–water partition coefficient (Wildman–Crippen LogP) is 2.11. The SMILES string of the molecule is CN(C)CC(C)(C)CNC(=O)C1CCN(C(=O)COc2ccc3ccc(=O)oc3c2)CC1. The molecule has 2 aromatic rings. The van der Waals surface area contributed by atoms with Gasteiger partial charge in [0.05, 0.1) is 0 Å². The number of carbonyl (C=O) groups is 2. The highest BCUT2D eigenvalue weighted by Gasteiger charge is 2.29. The van der Waals surface area contributed by atoms with Gasteiger partial charge >= 0.3 is 5.63 Å². The standard InChI is InChI=1S/C24H33N3O5/c1-24(2,16-26(3)4)15-25-23(30)18-9-11-27(12-10-18)21(28)14-31-19-7-5-17-6-8-22(29)32-20(17)13-19/h5-8,13,18H,9-12,14-16H2,1-4H3,(H,25,30). The first-order chi connectivity index (χ1) is 15.1. The number of amides is 2. The van der Waals surface area contributed by atoms with Crippen molar-refractivity contribution in [1.82, 2.24) is 15.1 Å². The first kappa shape index (κ1) is 23.8. The van der Waals surface area contributed by atoms with Crippen molar-refractivity contribution in [2.75, 3.05) is 46.9 Å². The van der Waals surface area contributed by atoms with E-state index in [-0.39, 0.29) is 29.8 Å². The van der Waals surface area contributed by atoms with E-state index in [1.165, 1.54) is 6.07 Å². The number of carbonyl (C=O) groups excluding carboxylic acids is 2. The summed E-state index contributed by atoms with van der Waals surface area (Å²) in [6.45, 7) is 6.77. The fourth-order valence-electron chi connectivity index (χ4n) is 4.14. The highest BCUT2D eigenvalue weighted by molar-refractivity contribution is 5.81. The van der Waals surface area contributed by atoms with Crippen molar-refractivity contribution in [3.05, 3.63) is 40.8 Å². The second kappa shape index (κ2) is 10.2. The van der Waals surface area contributed by atoms with Gasteiger partial charge in [0.15, 0.2) is 6.61 Å². The van der Waals surface area contributed by atoms with Crippen molar-refractivity contribution in [1.29, 1.82) is 0 Å². The second-order valence-electron chi connectivity index (χ2n) is 9.52. The molecule has 0 unspecified atom stereocenters. The van der Waals surface area contributed by atoms with Crippen LogP contribution in [0.5, 0.6) is 5.75 Å². The molecular formula is C24H33N3O5. The second-order valence-corrected chi connectivity index (χ2v) is 9.52. The Balaban J connectivity index is 1.44. The summed E-state index contributed by atoms with van der Waals surface area (Å²) in [5, 5.41) is 3.87. The highest BCUT2D eigenvalue weighted by Crippen LogP contribution is 2.21. The molecule has 0 bridgehead atoms. The predicted molar refractivity (Wildman–Crippen MR) is 123 cm³/mol. The molecule has 32 heavy (non-hydrogen) atoms. The fourth-order valence-corrected chi connectivity index (χ4v) is 4.14. The van der Waals surface area contributed by atoms with E-state index in [2.05, 4.69) is 24.1 Å². The molecule has 0 spiro atoms. The lowest BCUT2D eigenvalue weighted by molar-refractivity contribution is -0.137. The molecule has 1 N–H and O–H groups in total. The molecule has 1 fully saturated rings. The van der Waals surface area contributed by atoms with Gasteiger partial charge in [-0.2, -0.15) is 0 Å². The van der Waals surface area contributed by atoms with Crippen molar-refractivity contribution in [2.45, 2.75) is 26.7 Å². The summed E-state index contributed by atoms with van der Waals surface area (Å²) in [7, 11) is 4.05. The topological polar surface area (TPSA) is 92.1 Å². The van der Waals surface area contributed by atoms with Gasteiger partial charge in [-0.3, -0.25) is 9.59 Å². The van der Waals surface area contributed by atoms with E-state index in [4.69, 9.17) is 9.15 Å². The molecule has 1 aromatic heterocycles. The quantitative estimate of drug-likeness (QED) is 0.629. The minimum absolute atomic E-state index is 0.00152. The summed E-state index contributed by atoms with van der Waals surface area (Å²) in [5.41, 5.74) is -0.0136. The van der Waals surface area contributed by atoms with Crippen LogP contribution in [0.25, 0.3) is 11.0 Å². The summed E-state index contributed by atoms with van der Waals surface area (Å²) in [6, 6.07) is 8.17. The van der Waals surface area contributed by atoms with Gasteiger partial charge in [0.1, 0.15) is 11.3 Å². The van der Waals surface area contributed by atoms with Gasteiger partial charge in [-0.05, 0) is 50.6 Å². The molecule has 1 aromatic carbocycles. The zero-order valence-electron chi connectivity index (χ0n) is 19.3. The van der Waals surface area contributed by atoms with Gasteiger partial charge in [-0.15, -0.1) is 0 Å². The lowest BCUT2D eigenvalue weighted by Crippen LogP contribution is -2.46. The van der Waals surface area contributed by atoms with Crippen LogP contribution < -0.4 is 15.7 Å². The molecule has 174 valence electrons. The summed E-state index contributed by atoms with van der Waals surface area (Å²) in [6.07, 6.45) is 1.29. The third-order valence-electron chi connectivity index (χ3n) is 5.66. The van der Waals surface area contributed by atoms with E-state index in [1.807, 2.05) is 14.1 Å². The molecule has 1 aliphatic rings. The van der Waals surface area contributed by atoms with Crippen molar-refractivity contribution in [3.8, 4) is 5.75 Å². The van der Waals surface area contributed by atoms with Gasteiger partial charge in [0, 0.05) is 49.6 Å². The molecule has 0 atom stereocenters. The smallest absolute Gasteiger partial charge is 0.336 e. The van der Waals surface area contributed by atoms with E-state index in [0.29, 0.717) is 43.8 Å². The van der Waals surface area contributed by atoms with Gasteiger partial charge in [0.25, 0.3) is 5.91 Å². The maximum atomic E-state index is 12.6. The number of fused-ring (bicyclic) bond motifs is 1. The van der Waals surface area contributed by atoms with Crippen molar-refractivity contribution in [3.63, 3.8) is 0 Å². The van der Waals surface area contributed by atoms with Crippen molar-refractivity contribution >= 4 is 22.8 Å². The molecule has 8 heteroatoms. The molecule has 1 aliphatic heterocycles. The molecule has 3 rings (SSSR count). The minimum atomic E-state index is -0.432. The average Bonchev–Trinajstić information content (AvgIpc) is 2.74. The number of piperidine rings is 1. The summed E-state index contributed by atoms with van der Waals surface area (Å²) >= 11 is 0. The lowest BCUT2D eigenvalue weighted by atomic mass is 9.91. The van der Waals surface area contributed by atoms with E-state index in [1.54, 1.807) is 29.2 Å². The number of ether oxygens (including phenoxy) is 1. The van der Waals surface area contributed by atoms with Crippen LogP contribution in [0.2, 0.25) is 0 Å². The Labute approximate surface area is 188 Å². The molecule has 0 saturated carbocycles. The number of hydrogen-bond donors (Lipinski definition) is 1. The van der Waals surface area contributed by atoms with Crippen LogP contribution in [-0.4, -0.2) is 68.5 Å². The molecule has 2 amide bonds. The van der Waals surface area contributed by atoms with E-state index >= 15 is 0 Å². The Hall–Kier alpha value is -2.87. The number of likely N-dealkylation sites (tertiary alicyclic amines) is 1. The zero-order valence-corrected chi connectivity index (χ0v) is 19.3. The zero-order chi connectivity index (χ0) is 23.3. The highest BCUT2D eigenvalue weighted by atomic mass is 16.5. The van der Waals surface area contributed by atoms with Crippen LogP contribution in [0.4, 0.5) is 0 Å². The molecule has 1 saturated heterocycles. The maximum absolute atomic E-state index is 12.6. The number of nitrogens with zero attached hydrogens (tertiary/aromatic N) is 2. The Morgan fingerprint density at radius 2 is 1.88 bits per heavy atom. The summed E-state index contributed by atoms with van der Waals surface area (Å²) in [5.74, 6) is 0.344. The number of hydrogen-bond acceptors (Lipinski definition) is 6. The average molecular weight is 444 g/mol. The molecule has 2 heterocycles. The van der Waals surface area contributed by atoms with Crippen molar-refractivity contribution in [2.24, 2.45) is 11.3 Å². The van der Waals surface area contributed by atoms with E-state index in [9.17, 15) is 14.4 Å². The Kier molecular flexibility index (Phi) is 7.56. The third kappa shape index (κ3) is 6.56. The molecule has 8 nitrogen and oxygen atoms in total. The molecular weight excluding hydrogens is 410 g/mol. The van der Waals surface area contributed by atoms with E-state index < -0.39 is 5.63 Å². The monoisotopic (exact) mass is 443 g/mol. The van der Waals surface area contributed by atoms with Crippen LogP contribution in [0.1, 0.15) is 26.7 Å². The van der Waals surface area contributed by atoms with E-state index in [0.717, 1.165) is 11.9 Å². The maximum Gasteiger partial charge on any atom is 0.336 e. The van der Waals surface area contributed by atoms with Crippen LogP contribution in [-0.2, 0) is 9.59 Å². The third-order valence-corrected chi connectivity index (χ3v) is 5.66. The lowest BCUT2D eigenvalue weighted by Gasteiger charge is -2.33. The van der Waals surface area contributed by atoms with Gasteiger partial charge < -0.3 is 24.3 Å². The number of rotatable bonds is 8. The number of nitrogens with one attached hydrogen (secondary N) is 1. The van der Waals surface area contributed by atoms with Crippen LogP contribution in [0.3, 0.4) is 0 Å². The fraction of sp³-hybridized carbons (Fsp3) is 0.542. The Bertz CT molecular complexity index is 1010. The first-order valence-electron chi connectivity index (χ1n) is 11.0. The summed E-state index contributed by atoms with van der Waals surface area (Å²) < 4.78 is 10.8. The normalized spacial score (nSPS) is 15.2. The van der Waals surface area contributed by atoms with Crippen molar-refractivity contribution < 1.29 is 18.7 Å². The largest absolute Gasteiger partial charge is 0.484 e. The molecule has 0 radical (unpaired) electrons. The Morgan fingerprint density at radius 1 is 1.19 bits per heavy atom. The van der Waals surface area contributed by atoms with Gasteiger partial charge in [-0.1, -0.05) is 13.8 Å². The Morgan fingerprint density at radius 3 is 2.56 bits per heavy atom. The summed E-state index contributed by atoms with van der Waals surface area (Å²) in [4.78, 5) is 40.3. The van der Waals surface area contributed by atoms with Crippen LogP contribution in [0, 0.1) is 11.3 Å². The minimum Gasteiger partial charge on any atom is -0.484 e. The van der Waals surface area contributed by atoms with Gasteiger partial charge in [0.2, 0.25) is 5.91 Å². The first-order valence-corrected chi connectivity index (χ1v) is 11.0.